The lowest BCUT2D eigenvalue weighted by Crippen LogP contribution is -2.12. The molecule has 2 heterocycles. The summed E-state index contributed by atoms with van der Waals surface area (Å²) in [5.74, 6) is 0.469. The van der Waals surface area contributed by atoms with Crippen molar-refractivity contribution in [3.05, 3.63) is 59.7 Å². The van der Waals surface area contributed by atoms with E-state index in [0.29, 0.717) is 5.92 Å². The molecular formula is C17H22N2. The molecule has 0 amide bonds. The molecule has 2 aromatic heterocycles. The molecule has 0 aliphatic heterocycles. The maximum atomic E-state index is 4.60. The van der Waals surface area contributed by atoms with E-state index in [-0.39, 0.29) is 5.41 Å². The summed E-state index contributed by atoms with van der Waals surface area (Å²) in [4.78, 5) is 8.65. The predicted octanol–water partition coefficient (Wildman–Crippen LogP) is 4.12. The standard InChI is InChI=1S/C17H22N2/c1-13(14-7-9-18-10-8-14)11-16-6-5-15(12-19-16)17(2,3)4/h5-10,12-13H,11H2,1-4H3. The third kappa shape index (κ3) is 3.63. The Kier molecular flexibility index (Phi) is 3.98. The highest BCUT2D eigenvalue weighted by Gasteiger charge is 2.14. The topological polar surface area (TPSA) is 25.8 Å². The first kappa shape index (κ1) is 13.7. The number of hydrogen-bond donors (Lipinski definition) is 0. The molecule has 0 spiro atoms. The van der Waals surface area contributed by atoms with Gasteiger partial charge in [0.25, 0.3) is 0 Å². The molecule has 1 unspecified atom stereocenters. The van der Waals surface area contributed by atoms with Crippen LogP contribution in [0.15, 0.2) is 42.9 Å². The molecule has 0 aliphatic carbocycles. The van der Waals surface area contributed by atoms with E-state index >= 15 is 0 Å². The SMILES string of the molecule is CC(Cc1ccc(C(C)(C)C)cn1)c1ccncc1. The summed E-state index contributed by atoms with van der Waals surface area (Å²) in [6, 6.07) is 8.50. The number of rotatable bonds is 3. The van der Waals surface area contributed by atoms with Gasteiger partial charge < -0.3 is 0 Å². The van der Waals surface area contributed by atoms with Gasteiger partial charge in [-0.25, -0.2) is 0 Å². The van der Waals surface area contributed by atoms with E-state index in [1.807, 2.05) is 18.6 Å². The zero-order valence-electron chi connectivity index (χ0n) is 12.2. The fourth-order valence-corrected chi connectivity index (χ4v) is 2.11. The maximum absolute atomic E-state index is 4.60. The summed E-state index contributed by atoms with van der Waals surface area (Å²) in [6.07, 6.45) is 6.67. The van der Waals surface area contributed by atoms with Crippen LogP contribution in [0.1, 0.15) is 50.4 Å². The lowest BCUT2D eigenvalue weighted by atomic mass is 9.88. The zero-order valence-corrected chi connectivity index (χ0v) is 12.2. The fourth-order valence-electron chi connectivity index (χ4n) is 2.11. The Morgan fingerprint density at radius 1 is 1.05 bits per heavy atom. The highest BCUT2D eigenvalue weighted by molar-refractivity contribution is 5.23. The van der Waals surface area contributed by atoms with Crippen molar-refractivity contribution in [1.82, 2.24) is 9.97 Å². The van der Waals surface area contributed by atoms with Crippen molar-refractivity contribution in [2.45, 2.75) is 45.4 Å². The zero-order chi connectivity index (χ0) is 13.9. The van der Waals surface area contributed by atoms with Crippen LogP contribution < -0.4 is 0 Å². The van der Waals surface area contributed by atoms with Crippen LogP contribution in [-0.4, -0.2) is 9.97 Å². The molecule has 2 aromatic rings. The fraction of sp³-hybridized carbons (Fsp3) is 0.412. The molecular weight excluding hydrogens is 232 g/mol. The van der Waals surface area contributed by atoms with E-state index in [4.69, 9.17) is 0 Å². The minimum absolute atomic E-state index is 0.169. The Hall–Kier alpha value is -1.70. The van der Waals surface area contributed by atoms with Gasteiger partial charge in [-0.3, -0.25) is 9.97 Å². The Morgan fingerprint density at radius 2 is 1.74 bits per heavy atom. The lowest BCUT2D eigenvalue weighted by molar-refractivity contribution is 0.586. The quantitative estimate of drug-likeness (QED) is 0.823. The Labute approximate surface area is 115 Å². The van der Waals surface area contributed by atoms with Gasteiger partial charge in [-0.15, -0.1) is 0 Å². The van der Waals surface area contributed by atoms with Crippen LogP contribution in [0.25, 0.3) is 0 Å². The monoisotopic (exact) mass is 254 g/mol. The number of hydrogen-bond acceptors (Lipinski definition) is 2. The molecule has 0 N–H and O–H groups in total. The smallest absolute Gasteiger partial charge is 0.0409 e. The number of nitrogens with zero attached hydrogens (tertiary/aromatic N) is 2. The van der Waals surface area contributed by atoms with Crippen LogP contribution in [0, 0.1) is 0 Å². The highest BCUT2D eigenvalue weighted by Crippen LogP contribution is 2.23. The highest BCUT2D eigenvalue weighted by atomic mass is 14.7. The van der Waals surface area contributed by atoms with E-state index in [1.165, 1.54) is 11.1 Å². The van der Waals surface area contributed by atoms with Crippen molar-refractivity contribution in [3.63, 3.8) is 0 Å². The van der Waals surface area contributed by atoms with E-state index in [1.54, 1.807) is 0 Å². The van der Waals surface area contributed by atoms with E-state index in [0.717, 1.165) is 12.1 Å². The first-order valence-corrected chi connectivity index (χ1v) is 6.82. The van der Waals surface area contributed by atoms with Gasteiger partial charge in [0.2, 0.25) is 0 Å². The first-order valence-electron chi connectivity index (χ1n) is 6.82. The molecule has 1 atom stereocenters. The third-order valence-electron chi connectivity index (χ3n) is 3.48. The Bertz CT molecular complexity index is 509. The average Bonchev–Trinajstić information content (AvgIpc) is 2.39. The van der Waals surface area contributed by atoms with Gasteiger partial charge in [-0.1, -0.05) is 33.8 Å². The van der Waals surface area contributed by atoms with Gasteiger partial charge in [0.1, 0.15) is 0 Å². The number of aromatic nitrogens is 2. The second-order valence-electron chi connectivity index (χ2n) is 6.17. The van der Waals surface area contributed by atoms with Crippen molar-refractivity contribution in [2.75, 3.05) is 0 Å². The third-order valence-corrected chi connectivity index (χ3v) is 3.48. The summed E-state index contributed by atoms with van der Waals surface area (Å²) in [5.41, 5.74) is 3.92. The largest absolute Gasteiger partial charge is 0.265 e. The molecule has 0 radical (unpaired) electrons. The summed E-state index contributed by atoms with van der Waals surface area (Å²) in [7, 11) is 0. The van der Waals surface area contributed by atoms with Crippen LogP contribution in [0.5, 0.6) is 0 Å². The number of pyridine rings is 2. The predicted molar refractivity (Wildman–Crippen MR) is 79.3 cm³/mol. The van der Waals surface area contributed by atoms with E-state index in [9.17, 15) is 0 Å². The maximum Gasteiger partial charge on any atom is 0.0409 e. The molecule has 2 rings (SSSR count). The van der Waals surface area contributed by atoms with Crippen LogP contribution in [0.3, 0.4) is 0 Å². The van der Waals surface area contributed by atoms with Gasteiger partial charge in [0, 0.05) is 24.3 Å². The van der Waals surface area contributed by atoms with Gasteiger partial charge >= 0.3 is 0 Å². The van der Waals surface area contributed by atoms with Crippen molar-refractivity contribution in [1.29, 1.82) is 0 Å². The lowest BCUT2D eigenvalue weighted by Gasteiger charge is -2.19. The molecule has 2 heteroatoms. The van der Waals surface area contributed by atoms with Crippen molar-refractivity contribution >= 4 is 0 Å². The van der Waals surface area contributed by atoms with E-state index < -0.39 is 0 Å². The molecule has 0 aliphatic rings. The summed E-state index contributed by atoms with van der Waals surface area (Å²) in [6.45, 7) is 8.87. The molecule has 0 bridgehead atoms. The Morgan fingerprint density at radius 3 is 2.26 bits per heavy atom. The molecule has 0 aromatic carbocycles. The first-order chi connectivity index (χ1) is 8.97. The average molecular weight is 254 g/mol. The summed E-state index contributed by atoms with van der Waals surface area (Å²) >= 11 is 0. The minimum atomic E-state index is 0.169. The van der Waals surface area contributed by atoms with Crippen molar-refractivity contribution < 1.29 is 0 Å². The van der Waals surface area contributed by atoms with Crippen LogP contribution >= 0.6 is 0 Å². The van der Waals surface area contributed by atoms with E-state index in [2.05, 4.69) is 61.9 Å². The molecule has 100 valence electrons. The molecule has 0 fully saturated rings. The minimum Gasteiger partial charge on any atom is -0.265 e. The van der Waals surface area contributed by atoms with Crippen molar-refractivity contribution in [2.24, 2.45) is 0 Å². The second kappa shape index (κ2) is 5.52. The molecule has 2 nitrogen and oxygen atoms in total. The van der Waals surface area contributed by atoms with Crippen LogP contribution in [0.4, 0.5) is 0 Å². The molecule has 0 saturated carbocycles. The van der Waals surface area contributed by atoms with Gasteiger partial charge in [0.05, 0.1) is 0 Å². The summed E-state index contributed by atoms with van der Waals surface area (Å²) < 4.78 is 0. The molecule has 19 heavy (non-hydrogen) atoms. The van der Waals surface area contributed by atoms with Crippen LogP contribution in [0.2, 0.25) is 0 Å². The Balaban J connectivity index is 2.08. The van der Waals surface area contributed by atoms with Gasteiger partial charge in [-0.05, 0) is 47.1 Å². The molecule has 0 saturated heterocycles. The summed E-state index contributed by atoms with van der Waals surface area (Å²) in [5, 5.41) is 0. The van der Waals surface area contributed by atoms with Gasteiger partial charge in [0.15, 0.2) is 0 Å². The van der Waals surface area contributed by atoms with Crippen molar-refractivity contribution in [3.8, 4) is 0 Å². The van der Waals surface area contributed by atoms with Gasteiger partial charge in [-0.2, -0.15) is 0 Å². The second-order valence-corrected chi connectivity index (χ2v) is 6.17. The normalized spacial score (nSPS) is 13.3. The van der Waals surface area contributed by atoms with Crippen LogP contribution in [-0.2, 0) is 11.8 Å².